The van der Waals surface area contributed by atoms with E-state index in [9.17, 15) is 10.4 Å². The number of fused-ring (bicyclic) bond motifs is 1. The van der Waals surface area contributed by atoms with Crippen molar-refractivity contribution < 1.29 is 5.11 Å². The molecular formula is C16H17N5O. The summed E-state index contributed by atoms with van der Waals surface area (Å²) in [6.45, 7) is 2.17. The lowest BCUT2D eigenvalue weighted by Gasteiger charge is -2.29. The minimum absolute atomic E-state index is 0.383. The highest BCUT2D eigenvalue weighted by Gasteiger charge is 2.33. The van der Waals surface area contributed by atoms with Crippen molar-refractivity contribution in [2.24, 2.45) is 5.92 Å². The molecule has 22 heavy (non-hydrogen) atoms. The topological polar surface area (TPSA) is 78.0 Å². The number of pyridine rings is 1. The number of aliphatic hydroxyl groups excluding tert-OH is 1. The van der Waals surface area contributed by atoms with Crippen molar-refractivity contribution in [3.8, 4) is 6.07 Å². The van der Waals surface area contributed by atoms with Crippen molar-refractivity contribution in [1.29, 1.82) is 5.26 Å². The zero-order valence-corrected chi connectivity index (χ0v) is 12.2. The number of hydrogen-bond acceptors (Lipinski definition) is 5. The summed E-state index contributed by atoms with van der Waals surface area (Å²) in [6, 6.07) is 7.75. The van der Waals surface area contributed by atoms with Gasteiger partial charge in [0.2, 0.25) is 0 Å². The third kappa shape index (κ3) is 2.24. The molecule has 4 rings (SSSR count). The Morgan fingerprint density at radius 1 is 1.36 bits per heavy atom. The van der Waals surface area contributed by atoms with E-state index in [0.717, 1.165) is 43.1 Å². The van der Waals surface area contributed by atoms with Gasteiger partial charge >= 0.3 is 0 Å². The average Bonchev–Trinajstić information content (AvgIpc) is 3.32. The molecule has 0 aromatic carbocycles. The molecule has 0 amide bonds. The molecule has 1 fully saturated rings. The Morgan fingerprint density at radius 2 is 2.23 bits per heavy atom. The summed E-state index contributed by atoms with van der Waals surface area (Å²) in [6.07, 6.45) is 3.46. The minimum atomic E-state index is -0.434. The van der Waals surface area contributed by atoms with Crippen LogP contribution in [0.25, 0.3) is 0 Å². The zero-order valence-electron chi connectivity index (χ0n) is 12.2. The van der Waals surface area contributed by atoms with Crippen molar-refractivity contribution in [3.05, 3.63) is 41.3 Å². The monoisotopic (exact) mass is 295 g/mol. The highest BCUT2D eigenvalue weighted by atomic mass is 16.3. The number of nitriles is 1. The largest absolute Gasteiger partial charge is 0.386 e. The predicted octanol–water partition coefficient (Wildman–Crippen LogP) is 1.61. The quantitative estimate of drug-likeness (QED) is 0.931. The van der Waals surface area contributed by atoms with Crippen molar-refractivity contribution in [3.63, 3.8) is 0 Å². The minimum Gasteiger partial charge on any atom is -0.386 e. The molecule has 0 unspecified atom stereocenters. The van der Waals surface area contributed by atoms with Gasteiger partial charge in [-0.05, 0) is 37.0 Å². The first-order chi connectivity index (χ1) is 10.8. The van der Waals surface area contributed by atoms with Crippen molar-refractivity contribution in [1.82, 2.24) is 14.8 Å². The molecule has 6 nitrogen and oxygen atoms in total. The van der Waals surface area contributed by atoms with Crippen LogP contribution < -0.4 is 4.90 Å². The van der Waals surface area contributed by atoms with Crippen molar-refractivity contribution >= 4 is 5.82 Å². The Hall–Kier alpha value is -2.39. The molecule has 6 heteroatoms. The van der Waals surface area contributed by atoms with Gasteiger partial charge in [-0.1, -0.05) is 0 Å². The second-order valence-electron chi connectivity index (χ2n) is 5.97. The fourth-order valence-electron chi connectivity index (χ4n) is 3.00. The highest BCUT2D eigenvalue weighted by Crippen LogP contribution is 2.40. The van der Waals surface area contributed by atoms with Gasteiger partial charge in [0.15, 0.2) is 0 Å². The third-order valence-electron chi connectivity index (χ3n) is 4.40. The van der Waals surface area contributed by atoms with Crippen LogP contribution in [0.5, 0.6) is 0 Å². The first-order valence-electron chi connectivity index (χ1n) is 7.61. The average molecular weight is 295 g/mol. The van der Waals surface area contributed by atoms with E-state index in [-0.39, 0.29) is 0 Å². The van der Waals surface area contributed by atoms with Gasteiger partial charge in [-0.25, -0.2) is 4.98 Å². The molecule has 3 heterocycles. The van der Waals surface area contributed by atoms with Crippen LogP contribution in [0.4, 0.5) is 5.82 Å². The highest BCUT2D eigenvalue weighted by molar-refractivity contribution is 5.53. The van der Waals surface area contributed by atoms with E-state index >= 15 is 0 Å². The Bertz CT molecular complexity index is 743. The molecule has 1 aliphatic heterocycles. The molecule has 2 aromatic heterocycles. The Kier molecular flexibility index (Phi) is 3.09. The van der Waals surface area contributed by atoms with E-state index in [1.54, 1.807) is 18.3 Å². The van der Waals surface area contributed by atoms with Gasteiger partial charge in [0.05, 0.1) is 30.0 Å². The maximum atomic E-state index is 10.2. The third-order valence-corrected chi connectivity index (χ3v) is 4.40. The number of anilines is 1. The molecule has 2 aliphatic rings. The fraction of sp³-hybridized carbons (Fsp3) is 0.438. The molecule has 112 valence electrons. The standard InChI is InChI=1S/C16H17N5O/c17-9-12-2-1-5-18-16(12)20-6-7-21-13(10-20)8-14(19-21)15(22)11-3-4-11/h1-2,5,8,11,15,22H,3-4,6-7,10H2/t15-/m1/s1. The number of nitrogens with zero attached hydrogens (tertiary/aromatic N) is 5. The van der Waals surface area contributed by atoms with Gasteiger partial charge in [-0.2, -0.15) is 10.4 Å². The molecule has 1 N–H and O–H groups in total. The van der Waals surface area contributed by atoms with Gasteiger partial charge in [0, 0.05) is 12.7 Å². The van der Waals surface area contributed by atoms with E-state index in [0.29, 0.717) is 18.0 Å². The second-order valence-corrected chi connectivity index (χ2v) is 5.97. The normalized spacial score (nSPS) is 18.6. The maximum absolute atomic E-state index is 10.2. The number of aliphatic hydroxyl groups is 1. The predicted molar refractivity (Wildman–Crippen MR) is 79.9 cm³/mol. The summed E-state index contributed by atoms with van der Waals surface area (Å²) >= 11 is 0. The van der Waals surface area contributed by atoms with Crippen LogP contribution in [0.1, 0.15) is 35.9 Å². The fourth-order valence-corrected chi connectivity index (χ4v) is 3.00. The van der Waals surface area contributed by atoms with Crippen LogP contribution in [0.15, 0.2) is 24.4 Å². The maximum Gasteiger partial charge on any atom is 0.146 e. The number of aromatic nitrogens is 3. The Balaban J connectivity index is 1.60. The first kappa shape index (κ1) is 13.3. The summed E-state index contributed by atoms with van der Waals surface area (Å²) in [7, 11) is 0. The van der Waals surface area contributed by atoms with Crippen LogP contribution in [0.2, 0.25) is 0 Å². The molecule has 0 bridgehead atoms. The summed E-state index contributed by atoms with van der Waals surface area (Å²) in [5, 5.41) is 24.0. The van der Waals surface area contributed by atoms with Gasteiger partial charge in [0.1, 0.15) is 18.0 Å². The van der Waals surface area contributed by atoms with Crippen LogP contribution in [-0.4, -0.2) is 26.4 Å². The van der Waals surface area contributed by atoms with Gasteiger partial charge < -0.3 is 10.0 Å². The summed E-state index contributed by atoms with van der Waals surface area (Å²) in [5.74, 6) is 1.11. The molecule has 1 atom stereocenters. The molecule has 1 aliphatic carbocycles. The van der Waals surface area contributed by atoms with E-state index < -0.39 is 6.10 Å². The van der Waals surface area contributed by atoms with Crippen molar-refractivity contribution in [2.45, 2.75) is 32.0 Å². The van der Waals surface area contributed by atoms with Crippen LogP contribution in [0, 0.1) is 17.2 Å². The van der Waals surface area contributed by atoms with E-state index in [1.807, 2.05) is 10.7 Å². The van der Waals surface area contributed by atoms with Crippen LogP contribution in [0.3, 0.4) is 0 Å². The number of hydrogen-bond donors (Lipinski definition) is 1. The van der Waals surface area contributed by atoms with E-state index in [4.69, 9.17) is 0 Å². The molecule has 1 saturated carbocycles. The van der Waals surface area contributed by atoms with E-state index in [1.165, 1.54) is 0 Å². The Labute approximate surface area is 128 Å². The van der Waals surface area contributed by atoms with Gasteiger partial charge in [0.25, 0.3) is 0 Å². The molecule has 0 radical (unpaired) electrons. The summed E-state index contributed by atoms with van der Waals surface area (Å²) in [4.78, 5) is 6.45. The molecule has 0 saturated heterocycles. The summed E-state index contributed by atoms with van der Waals surface area (Å²) < 4.78 is 1.96. The lowest BCUT2D eigenvalue weighted by atomic mass is 10.1. The van der Waals surface area contributed by atoms with Gasteiger partial charge in [-0.3, -0.25) is 4.68 Å². The van der Waals surface area contributed by atoms with Gasteiger partial charge in [-0.15, -0.1) is 0 Å². The first-order valence-corrected chi connectivity index (χ1v) is 7.61. The summed E-state index contributed by atoms with van der Waals surface area (Å²) in [5.41, 5.74) is 2.44. The lowest BCUT2D eigenvalue weighted by Crippen LogP contribution is -2.34. The molecular weight excluding hydrogens is 278 g/mol. The SMILES string of the molecule is N#Cc1cccnc1N1CCn2nc([C@H](O)C3CC3)cc2C1. The number of rotatable bonds is 3. The molecule has 0 spiro atoms. The molecule has 2 aromatic rings. The van der Waals surface area contributed by atoms with Crippen LogP contribution in [-0.2, 0) is 13.1 Å². The Morgan fingerprint density at radius 3 is 3.00 bits per heavy atom. The van der Waals surface area contributed by atoms with E-state index in [2.05, 4.69) is 21.1 Å². The second kappa shape index (κ2) is 5.11. The smallest absolute Gasteiger partial charge is 0.146 e. The van der Waals surface area contributed by atoms with Crippen molar-refractivity contribution in [2.75, 3.05) is 11.4 Å². The zero-order chi connectivity index (χ0) is 15.1. The van der Waals surface area contributed by atoms with Crippen LogP contribution >= 0.6 is 0 Å². The lowest BCUT2D eigenvalue weighted by molar-refractivity contribution is 0.148.